The summed E-state index contributed by atoms with van der Waals surface area (Å²) in [6.45, 7) is 7.77. The molecule has 5 nitrogen and oxygen atoms in total. The van der Waals surface area contributed by atoms with Crippen LogP contribution in [0.15, 0.2) is 5.38 Å². The Morgan fingerprint density at radius 3 is 2.86 bits per heavy atom. The fraction of sp³-hybridized carbons (Fsp3) is 0.750. The predicted molar refractivity (Wildman–Crippen MR) is 89.0 cm³/mol. The van der Waals surface area contributed by atoms with E-state index >= 15 is 0 Å². The minimum Gasteiger partial charge on any atom is -0.340 e. The van der Waals surface area contributed by atoms with Gasteiger partial charge in [-0.2, -0.15) is 0 Å². The summed E-state index contributed by atoms with van der Waals surface area (Å²) in [4.78, 5) is 21.4. The number of nitrogens with one attached hydrogen (secondary N) is 1. The molecule has 1 atom stereocenters. The highest BCUT2D eigenvalue weighted by molar-refractivity contribution is 7.09. The van der Waals surface area contributed by atoms with Crippen LogP contribution in [0.3, 0.4) is 0 Å². The standard InChI is InChI=1S/C16H26N4OS/c1-2-15-18-14(12-22-15)11-19-6-8-20(9-7-19)16(21)10-13-4-3-5-17-13/h12-13,17H,2-11H2,1H3. The molecule has 1 aromatic heterocycles. The Balaban J connectivity index is 1.42. The summed E-state index contributed by atoms with van der Waals surface area (Å²) in [5.41, 5.74) is 1.18. The monoisotopic (exact) mass is 322 g/mol. The summed E-state index contributed by atoms with van der Waals surface area (Å²) in [6.07, 6.45) is 4.04. The van der Waals surface area contributed by atoms with Gasteiger partial charge in [-0.25, -0.2) is 4.98 Å². The van der Waals surface area contributed by atoms with Crippen molar-refractivity contribution in [1.82, 2.24) is 20.1 Å². The number of hydrogen-bond acceptors (Lipinski definition) is 5. The average molecular weight is 322 g/mol. The first kappa shape index (κ1) is 15.9. The Labute approximate surface area is 136 Å². The highest BCUT2D eigenvalue weighted by Gasteiger charge is 2.25. The quantitative estimate of drug-likeness (QED) is 0.892. The van der Waals surface area contributed by atoms with Gasteiger partial charge in [0.25, 0.3) is 0 Å². The lowest BCUT2D eigenvalue weighted by Gasteiger charge is -2.34. The Bertz CT molecular complexity index is 490. The van der Waals surface area contributed by atoms with E-state index in [0.29, 0.717) is 18.4 Å². The van der Waals surface area contributed by atoms with Gasteiger partial charge in [0.15, 0.2) is 0 Å². The van der Waals surface area contributed by atoms with Gasteiger partial charge in [0.2, 0.25) is 5.91 Å². The molecule has 0 bridgehead atoms. The second-order valence-electron chi connectivity index (χ2n) is 6.24. The molecule has 0 saturated carbocycles. The van der Waals surface area contributed by atoms with Gasteiger partial charge in [0, 0.05) is 50.6 Å². The molecule has 1 amide bonds. The van der Waals surface area contributed by atoms with Crippen LogP contribution >= 0.6 is 11.3 Å². The topological polar surface area (TPSA) is 48.5 Å². The SMILES string of the molecule is CCc1nc(CN2CCN(C(=O)CC3CCCN3)CC2)cs1. The van der Waals surface area contributed by atoms with Crippen molar-refractivity contribution in [3.8, 4) is 0 Å². The maximum Gasteiger partial charge on any atom is 0.224 e. The summed E-state index contributed by atoms with van der Waals surface area (Å²) in [5.74, 6) is 0.320. The van der Waals surface area contributed by atoms with Crippen LogP contribution in [0.4, 0.5) is 0 Å². The molecule has 0 aliphatic carbocycles. The lowest BCUT2D eigenvalue weighted by Crippen LogP contribution is -2.49. The Morgan fingerprint density at radius 1 is 1.41 bits per heavy atom. The number of thiazole rings is 1. The number of piperazine rings is 1. The highest BCUT2D eigenvalue weighted by Crippen LogP contribution is 2.15. The van der Waals surface area contributed by atoms with Crippen molar-refractivity contribution in [3.63, 3.8) is 0 Å². The van der Waals surface area contributed by atoms with Gasteiger partial charge in [0.1, 0.15) is 0 Å². The van der Waals surface area contributed by atoms with Gasteiger partial charge < -0.3 is 10.2 Å². The molecule has 1 aromatic rings. The molecule has 22 heavy (non-hydrogen) atoms. The molecule has 1 N–H and O–H groups in total. The molecule has 122 valence electrons. The third-order valence-corrected chi connectivity index (χ3v) is 5.64. The van der Waals surface area contributed by atoms with Crippen molar-refractivity contribution in [2.75, 3.05) is 32.7 Å². The van der Waals surface area contributed by atoms with E-state index in [1.54, 1.807) is 11.3 Å². The lowest BCUT2D eigenvalue weighted by atomic mass is 10.1. The molecule has 0 radical (unpaired) electrons. The molecule has 2 fully saturated rings. The molecule has 6 heteroatoms. The first-order chi connectivity index (χ1) is 10.7. The van der Waals surface area contributed by atoms with E-state index < -0.39 is 0 Å². The van der Waals surface area contributed by atoms with Crippen LogP contribution in [0.5, 0.6) is 0 Å². The molecule has 2 aliphatic heterocycles. The van der Waals surface area contributed by atoms with E-state index in [4.69, 9.17) is 0 Å². The molecule has 0 aromatic carbocycles. The molecule has 3 rings (SSSR count). The summed E-state index contributed by atoms with van der Waals surface area (Å²) < 4.78 is 0. The van der Waals surface area contributed by atoms with Gasteiger partial charge >= 0.3 is 0 Å². The van der Waals surface area contributed by atoms with E-state index in [0.717, 1.165) is 52.1 Å². The van der Waals surface area contributed by atoms with Crippen LogP contribution in [0.2, 0.25) is 0 Å². The molecular formula is C16H26N4OS. The Kier molecular flexibility index (Phi) is 5.44. The maximum atomic E-state index is 12.3. The smallest absolute Gasteiger partial charge is 0.224 e. The lowest BCUT2D eigenvalue weighted by molar-refractivity contribution is -0.133. The minimum absolute atomic E-state index is 0.320. The number of aromatic nitrogens is 1. The van der Waals surface area contributed by atoms with Crippen molar-refractivity contribution in [2.45, 2.75) is 45.2 Å². The van der Waals surface area contributed by atoms with Gasteiger partial charge in [-0.1, -0.05) is 6.92 Å². The zero-order chi connectivity index (χ0) is 15.4. The zero-order valence-corrected chi connectivity index (χ0v) is 14.2. The largest absolute Gasteiger partial charge is 0.340 e. The van der Waals surface area contributed by atoms with Crippen molar-refractivity contribution < 1.29 is 4.79 Å². The maximum absolute atomic E-state index is 12.3. The molecule has 2 aliphatic rings. The number of amides is 1. The average Bonchev–Trinajstić information content (AvgIpc) is 3.19. The van der Waals surface area contributed by atoms with Crippen LogP contribution in [0, 0.1) is 0 Å². The van der Waals surface area contributed by atoms with E-state index in [2.05, 4.69) is 27.5 Å². The summed E-state index contributed by atoms with van der Waals surface area (Å²) in [6, 6.07) is 0.410. The number of carbonyl (C=O) groups is 1. The van der Waals surface area contributed by atoms with E-state index in [-0.39, 0.29) is 0 Å². The molecule has 3 heterocycles. The van der Waals surface area contributed by atoms with Crippen LogP contribution in [0.1, 0.15) is 36.9 Å². The van der Waals surface area contributed by atoms with Crippen LogP contribution < -0.4 is 5.32 Å². The number of carbonyl (C=O) groups excluding carboxylic acids is 1. The Morgan fingerprint density at radius 2 is 2.23 bits per heavy atom. The van der Waals surface area contributed by atoms with E-state index in [1.807, 2.05) is 4.90 Å². The second kappa shape index (κ2) is 7.53. The van der Waals surface area contributed by atoms with Gasteiger partial charge in [-0.05, 0) is 25.8 Å². The van der Waals surface area contributed by atoms with Gasteiger partial charge in [0.05, 0.1) is 10.7 Å². The second-order valence-corrected chi connectivity index (χ2v) is 7.18. The number of aryl methyl sites for hydroxylation is 1. The predicted octanol–water partition coefficient (Wildman–Crippen LogP) is 1.49. The van der Waals surface area contributed by atoms with Crippen molar-refractivity contribution in [2.24, 2.45) is 0 Å². The molecule has 2 saturated heterocycles. The normalized spacial score (nSPS) is 23.1. The van der Waals surface area contributed by atoms with Crippen LogP contribution in [-0.4, -0.2) is 59.5 Å². The molecule has 0 spiro atoms. The zero-order valence-electron chi connectivity index (χ0n) is 13.4. The molecular weight excluding hydrogens is 296 g/mol. The van der Waals surface area contributed by atoms with Gasteiger partial charge in [-0.15, -0.1) is 11.3 Å². The minimum atomic E-state index is 0.320. The van der Waals surface area contributed by atoms with E-state index in [9.17, 15) is 4.79 Å². The van der Waals surface area contributed by atoms with Crippen molar-refractivity contribution in [3.05, 3.63) is 16.1 Å². The summed E-state index contributed by atoms with van der Waals surface area (Å²) in [7, 11) is 0. The van der Waals surface area contributed by atoms with Gasteiger partial charge in [-0.3, -0.25) is 9.69 Å². The summed E-state index contributed by atoms with van der Waals surface area (Å²) in [5, 5.41) is 6.80. The Hall–Kier alpha value is -0.980. The van der Waals surface area contributed by atoms with E-state index in [1.165, 1.54) is 17.1 Å². The summed E-state index contributed by atoms with van der Waals surface area (Å²) >= 11 is 1.75. The molecule has 1 unspecified atom stereocenters. The van der Waals surface area contributed by atoms with Crippen molar-refractivity contribution >= 4 is 17.2 Å². The number of hydrogen-bond donors (Lipinski definition) is 1. The van der Waals surface area contributed by atoms with Crippen LogP contribution in [0.25, 0.3) is 0 Å². The highest BCUT2D eigenvalue weighted by atomic mass is 32.1. The number of nitrogens with zero attached hydrogens (tertiary/aromatic N) is 3. The van der Waals surface area contributed by atoms with Crippen molar-refractivity contribution in [1.29, 1.82) is 0 Å². The first-order valence-electron chi connectivity index (χ1n) is 8.41. The fourth-order valence-electron chi connectivity index (χ4n) is 3.24. The first-order valence-corrected chi connectivity index (χ1v) is 9.29. The van der Waals surface area contributed by atoms with Crippen LogP contribution in [-0.2, 0) is 17.8 Å². The third-order valence-electron chi connectivity index (χ3n) is 4.60. The fourth-order valence-corrected chi connectivity index (χ4v) is 3.98. The number of rotatable bonds is 5. The third kappa shape index (κ3) is 4.06.